The Morgan fingerprint density at radius 3 is 2.93 bits per heavy atom. The van der Waals surface area contributed by atoms with Crippen molar-refractivity contribution in [3.63, 3.8) is 0 Å². The van der Waals surface area contributed by atoms with Gasteiger partial charge in [-0.2, -0.15) is 0 Å². The van der Waals surface area contributed by atoms with Crippen molar-refractivity contribution in [2.45, 2.75) is 25.8 Å². The number of hydrogen-bond donors (Lipinski definition) is 1. The number of thiophene rings is 1. The average Bonchev–Trinajstić information content (AvgIpc) is 2.60. The molecule has 14 heavy (non-hydrogen) atoms. The molecule has 0 aliphatic heterocycles. The van der Waals surface area contributed by atoms with Crippen LogP contribution in [0.3, 0.4) is 0 Å². The van der Waals surface area contributed by atoms with Crippen LogP contribution in [0.5, 0.6) is 0 Å². The van der Waals surface area contributed by atoms with Crippen molar-refractivity contribution >= 4 is 27.3 Å². The van der Waals surface area contributed by atoms with Crippen LogP contribution in [0.4, 0.5) is 0 Å². The third-order valence-corrected chi connectivity index (χ3v) is 3.82. The standard InChI is InChI=1S/C11H14BrNS/c1-3-4-5-6-10(13-2)11-7-9(12)8-14-11/h7-8,10,13H,5-6H2,1-2H3. The zero-order valence-corrected chi connectivity index (χ0v) is 10.8. The maximum atomic E-state index is 3.47. The summed E-state index contributed by atoms with van der Waals surface area (Å²) in [5, 5.41) is 5.43. The summed E-state index contributed by atoms with van der Waals surface area (Å²) in [6.07, 6.45) is 2.03. The van der Waals surface area contributed by atoms with Gasteiger partial charge in [-0.15, -0.1) is 23.2 Å². The summed E-state index contributed by atoms with van der Waals surface area (Å²) in [7, 11) is 2.00. The minimum Gasteiger partial charge on any atom is -0.312 e. The smallest absolute Gasteiger partial charge is 0.0421 e. The summed E-state index contributed by atoms with van der Waals surface area (Å²) in [6.45, 7) is 1.89. The minimum absolute atomic E-state index is 0.437. The summed E-state index contributed by atoms with van der Waals surface area (Å²) in [5.74, 6) is 6.01. The first-order valence-electron chi connectivity index (χ1n) is 4.58. The topological polar surface area (TPSA) is 12.0 Å². The molecule has 1 aromatic heterocycles. The Morgan fingerprint density at radius 1 is 1.64 bits per heavy atom. The fourth-order valence-electron chi connectivity index (χ4n) is 1.28. The van der Waals surface area contributed by atoms with E-state index in [1.807, 2.05) is 14.0 Å². The van der Waals surface area contributed by atoms with Crippen LogP contribution in [0.25, 0.3) is 0 Å². The lowest BCUT2D eigenvalue weighted by Crippen LogP contribution is -2.14. The number of hydrogen-bond acceptors (Lipinski definition) is 2. The van der Waals surface area contributed by atoms with E-state index < -0.39 is 0 Å². The lowest BCUT2D eigenvalue weighted by molar-refractivity contribution is 0.567. The second-order valence-electron chi connectivity index (χ2n) is 2.97. The van der Waals surface area contributed by atoms with Gasteiger partial charge in [0.2, 0.25) is 0 Å². The van der Waals surface area contributed by atoms with Gasteiger partial charge in [0.25, 0.3) is 0 Å². The van der Waals surface area contributed by atoms with Gasteiger partial charge in [-0.3, -0.25) is 0 Å². The molecule has 0 bridgehead atoms. The normalized spacial score (nSPS) is 11.9. The summed E-state index contributed by atoms with van der Waals surface area (Å²) in [6, 6.07) is 2.61. The van der Waals surface area contributed by atoms with Crippen LogP contribution in [0.2, 0.25) is 0 Å². The van der Waals surface area contributed by atoms with Crippen LogP contribution in [-0.2, 0) is 0 Å². The molecule has 1 unspecified atom stereocenters. The summed E-state index contributed by atoms with van der Waals surface area (Å²) in [5.41, 5.74) is 0. The van der Waals surface area contributed by atoms with Crippen molar-refractivity contribution < 1.29 is 0 Å². The number of halogens is 1. The Hall–Kier alpha value is -0.300. The first kappa shape index (κ1) is 11.8. The van der Waals surface area contributed by atoms with Gasteiger partial charge in [-0.05, 0) is 42.4 Å². The van der Waals surface area contributed by atoms with E-state index >= 15 is 0 Å². The van der Waals surface area contributed by atoms with Gasteiger partial charge in [-0.25, -0.2) is 0 Å². The molecule has 1 aromatic rings. The van der Waals surface area contributed by atoms with Gasteiger partial charge in [0.1, 0.15) is 0 Å². The molecule has 0 aliphatic rings. The molecule has 0 aromatic carbocycles. The van der Waals surface area contributed by atoms with Crippen LogP contribution < -0.4 is 5.32 Å². The fraction of sp³-hybridized carbons (Fsp3) is 0.455. The van der Waals surface area contributed by atoms with Gasteiger partial charge in [-0.1, -0.05) is 0 Å². The van der Waals surface area contributed by atoms with E-state index in [0.717, 1.165) is 12.8 Å². The Morgan fingerprint density at radius 2 is 2.43 bits per heavy atom. The highest BCUT2D eigenvalue weighted by Crippen LogP contribution is 2.27. The molecule has 0 aliphatic carbocycles. The molecule has 3 heteroatoms. The maximum Gasteiger partial charge on any atom is 0.0421 e. The molecule has 0 amide bonds. The molecule has 76 valence electrons. The van der Waals surface area contributed by atoms with Crippen LogP contribution in [0.15, 0.2) is 15.9 Å². The van der Waals surface area contributed by atoms with Crippen molar-refractivity contribution in [3.05, 3.63) is 20.8 Å². The average molecular weight is 272 g/mol. The molecular weight excluding hydrogens is 258 g/mol. The molecule has 0 spiro atoms. The summed E-state index contributed by atoms with van der Waals surface area (Å²) >= 11 is 5.25. The molecule has 0 saturated heterocycles. The second-order valence-corrected chi connectivity index (χ2v) is 4.83. The molecule has 0 radical (unpaired) electrons. The first-order chi connectivity index (χ1) is 6.77. The number of rotatable bonds is 4. The van der Waals surface area contributed by atoms with E-state index in [4.69, 9.17) is 0 Å². The summed E-state index contributed by atoms with van der Waals surface area (Å²) in [4.78, 5) is 1.37. The Labute approximate surface area is 98.0 Å². The Bertz CT molecular complexity index is 335. The predicted molar refractivity (Wildman–Crippen MR) is 66.5 cm³/mol. The zero-order valence-electron chi connectivity index (χ0n) is 8.43. The quantitative estimate of drug-likeness (QED) is 0.826. The molecule has 1 rings (SSSR count). The van der Waals surface area contributed by atoms with Crippen LogP contribution >= 0.6 is 27.3 Å². The summed E-state index contributed by atoms with van der Waals surface area (Å²) < 4.78 is 1.17. The lowest BCUT2D eigenvalue weighted by atomic mass is 10.1. The Balaban J connectivity index is 2.56. The molecule has 1 atom stereocenters. The molecule has 0 fully saturated rings. The molecule has 1 heterocycles. The SMILES string of the molecule is CC#CCCC(NC)c1cc(Br)cs1. The van der Waals surface area contributed by atoms with Crippen molar-refractivity contribution in [1.29, 1.82) is 0 Å². The van der Waals surface area contributed by atoms with Gasteiger partial charge < -0.3 is 5.32 Å². The van der Waals surface area contributed by atoms with Gasteiger partial charge in [0.05, 0.1) is 0 Å². The van der Waals surface area contributed by atoms with Gasteiger partial charge in [0, 0.05) is 27.2 Å². The highest BCUT2D eigenvalue weighted by Gasteiger charge is 2.09. The molecule has 1 N–H and O–H groups in total. The fourth-order valence-corrected chi connectivity index (χ4v) is 2.87. The third-order valence-electron chi connectivity index (χ3n) is 2.01. The second kappa shape index (κ2) is 6.23. The van der Waals surface area contributed by atoms with E-state index in [2.05, 4.69) is 44.5 Å². The van der Waals surface area contributed by atoms with Crippen LogP contribution in [-0.4, -0.2) is 7.05 Å². The lowest BCUT2D eigenvalue weighted by Gasteiger charge is -2.12. The van der Waals surface area contributed by atoms with E-state index in [-0.39, 0.29) is 0 Å². The van der Waals surface area contributed by atoms with E-state index in [1.165, 1.54) is 9.35 Å². The van der Waals surface area contributed by atoms with Crippen molar-refractivity contribution in [1.82, 2.24) is 5.32 Å². The van der Waals surface area contributed by atoms with Crippen molar-refractivity contribution in [3.8, 4) is 11.8 Å². The van der Waals surface area contributed by atoms with Gasteiger partial charge in [0.15, 0.2) is 0 Å². The number of nitrogens with one attached hydrogen (secondary N) is 1. The zero-order chi connectivity index (χ0) is 10.4. The maximum absolute atomic E-state index is 3.47. The largest absolute Gasteiger partial charge is 0.312 e. The Kier molecular flexibility index (Phi) is 5.24. The first-order valence-corrected chi connectivity index (χ1v) is 6.26. The van der Waals surface area contributed by atoms with Crippen molar-refractivity contribution in [2.24, 2.45) is 0 Å². The van der Waals surface area contributed by atoms with E-state index in [1.54, 1.807) is 11.3 Å². The highest BCUT2D eigenvalue weighted by atomic mass is 79.9. The highest BCUT2D eigenvalue weighted by molar-refractivity contribution is 9.10. The molecule has 0 saturated carbocycles. The molecule has 1 nitrogen and oxygen atoms in total. The molecular formula is C11H14BrNS. The van der Waals surface area contributed by atoms with Gasteiger partial charge >= 0.3 is 0 Å². The van der Waals surface area contributed by atoms with Crippen molar-refractivity contribution in [2.75, 3.05) is 7.05 Å². The van der Waals surface area contributed by atoms with Crippen LogP contribution in [0, 0.1) is 11.8 Å². The predicted octanol–water partition coefficient (Wildman–Crippen LogP) is 3.57. The third kappa shape index (κ3) is 3.45. The van der Waals surface area contributed by atoms with Crippen LogP contribution in [0.1, 0.15) is 30.7 Å². The minimum atomic E-state index is 0.437. The monoisotopic (exact) mass is 271 g/mol. The van der Waals surface area contributed by atoms with E-state index in [0.29, 0.717) is 6.04 Å². The van der Waals surface area contributed by atoms with E-state index in [9.17, 15) is 0 Å².